The summed E-state index contributed by atoms with van der Waals surface area (Å²) in [6.45, 7) is 7.26. The Bertz CT molecular complexity index is 591. The summed E-state index contributed by atoms with van der Waals surface area (Å²) in [4.78, 5) is 7.19. The van der Waals surface area contributed by atoms with E-state index in [4.69, 9.17) is 9.47 Å². The van der Waals surface area contributed by atoms with E-state index < -0.39 is 24.1 Å². The Morgan fingerprint density at radius 1 is 1.44 bits per heavy atom. The molecule has 8 heteroatoms. The number of alkyl halides is 3. The SMILES string of the molecule is C=CC(OC)[C@@H](O)[C@H](C)/C=C(/C)COCc1nccc(C(F)(F)F)n1. The molecule has 0 aliphatic heterocycles. The van der Waals surface area contributed by atoms with Crippen molar-refractivity contribution < 1.29 is 27.8 Å². The number of aromatic nitrogens is 2. The molecule has 0 spiro atoms. The van der Waals surface area contributed by atoms with Gasteiger partial charge in [-0.3, -0.25) is 0 Å². The van der Waals surface area contributed by atoms with Crippen LogP contribution in [0.2, 0.25) is 0 Å². The largest absolute Gasteiger partial charge is 0.433 e. The summed E-state index contributed by atoms with van der Waals surface area (Å²) in [7, 11) is 1.48. The first kappa shape index (κ1) is 21.3. The van der Waals surface area contributed by atoms with Crippen molar-refractivity contribution in [2.24, 2.45) is 5.92 Å². The highest BCUT2D eigenvalue weighted by molar-refractivity contribution is 5.07. The van der Waals surface area contributed by atoms with E-state index in [0.717, 1.165) is 17.8 Å². The van der Waals surface area contributed by atoms with Gasteiger partial charge < -0.3 is 14.6 Å². The van der Waals surface area contributed by atoms with Gasteiger partial charge in [-0.2, -0.15) is 13.2 Å². The van der Waals surface area contributed by atoms with E-state index in [9.17, 15) is 18.3 Å². The molecule has 0 fully saturated rings. The molecule has 1 unspecified atom stereocenters. The van der Waals surface area contributed by atoms with Gasteiger partial charge in [0.2, 0.25) is 0 Å². The van der Waals surface area contributed by atoms with Crippen molar-refractivity contribution in [2.75, 3.05) is 13.7 Å². The molecule has 1 rings (SSSR count). The molecule has 1 aromatic heterocycles. The monoisotopic (exact) mass is 360 g/mol. The molecule has 0 radical (unpaired) electrons. The number of ether oxygens (including phenoxy) is 2. The summed E-state index contributed by atoms with van der Waals surface area (Å²) in [5, 5.41) is 10.1. The molecule has 0 amide bonds. The second kappa shape index (κ2) is 9.65. The number of methoxy groups -OCH3 is 1. The first-order valence-corrected chi connectivity index (χ1v) is 7.66. The molecule has 0 aromatic carbocycles. The normalized spacial score (nSPS) is 16.4. The van der Waals surface area contributed by atoms with Gasteiger partial charge >= 0.3 is 6.18 Å². The van der Waals surface area contributed by atoms with Gasteiger partial charge in [-0.25, -0.2) is 9.97 Å². The van der Waals surface area contributed by atoms with E-state index in [0.29, 0.717) is 0 Å². The minimum atomic E-state index is -4.51. The highest BCUT2D eigenvalue weighted by Gasteiger charge is 2.32. The molecule has 25 heavy (non-hydrogen) atoms. The predicted molar refractivity (Wildman–Crippen MR) is 86.6 cm³/mol. The van der Waals surface area contributed by atoms with Crippen molar-refractivity contribution in [1.82, 2.24) is 9.97 Å². The summed E-state index contributed by atoms with van der Waals surface area (Å²) in [6.07, 6.45) is -1.38. The first-order chi connectivity index (χ1) is 11.7. The van der Waals surface area contributed by atoms with Crippen LogP contribution < -0.4 is 0 Å². The standard InChI is InChI=1S/C17H23F3N2O3/c1-5-13(24-4)16(23)12(3)8-11(2)9-25-10-15-21-7-6-14(22-15)17(18,19)20/h5-8,12-13,16,23H,1,9-10H2,2-4H3/b11-8-/t12-,13?,16+/m1/s1. The summed E-state index contributed by atoms with van der Waals surface area (Å²) in [6, 6.07) is 0.809. The number of rotatable bonds is 9. The maximum atomic E-state index is 12.6. The third kappa shape index (κ3) is 6.93. The van der Waals surface area contributed by atoms with Crippen LogP contribution >= 0.6 is 0 Å². The maximum absolute atomic E-state index is 12.6. The minimum absolute atomic E-state index is 0.0400. The highest BCUT2D eigenvalue weighted by atomic mass is 19.4. The highest BCUT2D eigenvalue weighted by Crippen LogP contribution is 2.27. The van der Waals surface area contributed by atoms with Gasteiger partial charge in [0, 0.05) is 19.2 Å². The molecular formula is C17H23F3N2O3. The van der Waals surface area contributed by atoms with Gasteiger partial charge in [0.05, 0.1) is 12.7 Å². The molecule has 0 aliphatic carbocycles. The van der Waals surface area contributed by atoms with Crippen molar-refractivity contribution >= 4 is 0 Å². The van der Waals surface area contributed by atoms with Crippen LogP contribution in [0.4, 0.5) is 13.2 Å². The molecule has 140 valence electrons. The topological polar surface area (TPSA) is 64.5 Å². The molecule has 1 aromatic rings. The van der Waals surface area contributed by atoms with E-state index in [-0.39, 0.29) is 25.0 Å². The van der Waals surface area contributed by atoms with E-state index in [1.54, 1.807) is 6.92 Å². The minimum Gasteiger partial charge on any atom is -0.389 e. The number of aliphatic hydroxyl groups is 1. The number of aliphatic hydroxyl groups excluding tert-OH is 1. The van der Waals surface area contributed by atoms with Crippen LogP contribution in [-0.4, -0.2) is 41.0 Å². The zero-order valence-electron chi connectivity index (χ0n) is 14.5. The van der Waals surface area contributed by atoms with Gasteiger partial charge in [-0.05, 0) is 13.0 Å². The fraction of sp³-hybridized carbons (Fsp3) is 0.529. The fourth-order valence-corrected chi connectivity index (χ4v) is 2.20. The lowest BCUT2D eigenvalue weighted by molar-refractivity contribution is -0.141. The third-order valence-electron chi connectivity index (χ3n) is 3.48. The number of hydrogen-bond donors (Lipinski definition) is 1. The maximum Gasteiger partial charge on any atom is 0.433 e. The lowest BCUT2D eigenvalue weighted by Crippen LogP contribution is -2.31. The van der Waals surface area contributed by atoms with Gasteiger partial charge in [0.1, 0.15) is 18.4 Å². The second-order valence-corrected chi connectivity index (χ2v) is 5.65. The average molecular weight is 360 g/mol. The number of nitrogens with zero attached hydrogens (tertiary/aromatic N) is 2. The first-order valence-electron chi connectivity index (χ1n) is 7.66. The Balaban J connectivity index is 2.56. The average Bonchev–Trinajstić information content (AvgIpc) is 2.55. The molecule has 0 bridgehead atoms. The van der Waals surface area contributed by atoms with Crippen LogP contribution in [-0.2, 0) is 22.3 Å². The molecule has 3 atom stereocenters. The van der Waals surface area contributed by atoms with Crippen LogP contribution in [0.5, 0.6) is 0 Å². The molecular weight excluding hydrogens is 337 g/mol. The smallest absolute Gasteiger partial charge is 0.389 e. The molecule has 5 nitrogen and oxygen atoms in total. The van der Waals surface area contributed by atoms with E-state index in [2.05, 4.69) is 16.5 Å². The van der Waals surface area contributed by atoms with Gasteiger partial charge in [-0.1, -0.05) is 24.6 Å². The molecule has 1 N–H and O–H groups in total. The number of hydrogen-bond acceptors (Lipinski definition) is 5. The van der Waals surface area contributed by atoms with Crippen molar-refractivity contribution in [3.05, 3.63) is 48.1 Å². The van der Waals surface area contributed by atoms with E-state index in [1.165, 1.54) is 13.2 Å². The third-order valence-corrected chi connectivity index (χ3v) is 3.48. The fourth-order valence-electron chi connectivity index (χ4n) is 2.20. The van der Waals surface area contributed by atoms with Crippen LogP contribution in [0.3, 0.4) is 0 Å². The van der Waals surface area contributed by atoms with Gasteiger partial charge in [0.25, 0.3) is 0 Å². The summed E-state index contributed by atoms with van der Waals surface area (Å²) >= 11 is 0. The Morgan fingerprint density at radius 2 is 2.12 bits per heavy atom. The molecule has 0 saturated heterocycles. The molecule has 1 heterocycles. The lowest BCUT2D eigenvalue weighted by Gasteiger charge is -2.22. The van der Waals surface area contributed by atoms with Crippen molar-refractivity contribution in [1.29, 1.82) is 0 Å². The Morgan fingerprint density at radius 3 is 2.68 bits per heavy atom. The molecule has 0 aliphatic rings. The van der Waals surface area contributed by atoms with Crippen LogP contribution in [0.1, 0.15) is 25.4 Å². The zero-order valence-corrected chi connectivity index (χ0v) is 14.5. The predicted octanol–water partition coefficient (Wildman–Crippen LogP) is 3.16. The van der Waals surface area contributed by atoms with E-state index in [1.807, 2.05) is 13.0 Å². The van der Waals surface area contributed by atoms with Crippen molar-refractivity contribution in [3.8, 4) is 0 Å². The van der Waals surface area contributed by atoms with Crippen LogP contribution in [0.25, 0.3) is 0 Å². The summed E-state index contributed by atoms with van der Waals surface area (Å²) in [5.74, 6) is -0.252. The lowest BCUT2D eigenvalue weighted by atomic mass is 9.97. The second-order valence-electron chi connectivity index (χ2n) is 5.65. The van der Waals surface area contributed by atoms with Crippen LogP contribution in [0, 0.1) is 5.92 Å². The summed E-state index contributed by atoms with van der Waals surface area (Å²) in [5.41, 5.74) is -0.183. The number of halogens is 3. The Hall–Kier alpha value is -1.77. The van der Waals surface area contributed by atoms with Gasteiger partial charge in [0.15, 0.2) is 5.82 Å². The van der Waals surface area contributed by atoms with Crippen molar-refractivity contribution in [3.63, 3.8) is 0 Å². The van der Waals surface area contributed by atoms with Gasteiger partial charge in [-0.15, -0.1) is 6.58 Å². The zero-order chi connectivity index (χ0) is 19.0. The summed E-state index contributed by atoms with van der Waals surface area (Å²) < 4.78 is 48.2. The Kier molecular flexibility index (Phi) is 8.21. The van der Waals surface area contributed by atoms with Crippen LogP contribution in [0.15, 0.2) is 36.6 Å². The van der Waals surface area contributed by atoms with Crippen molar-refractivity contribution in [2.45, 2.75) is 38.8 Å². The Labute approximate surface area is 145 Å². The quantitative estimate of drug-likeness (QED) is 0.686. The van der Waals surface area contributed by atoms with E-state index >= 15 is 0 Å². The molecule has 0 saturated carbocycles.